The topological polar surface area (TPSA) is 63.7 Å². The van der Waals surface area contributed by atoms with E-state index in [4.69, 9.17) is 27.9 Å². The summed E-state index contributed by atoms with van der Waals surface area (Å²) >= 11 is 12.9. The van der Waals surface area contributed by atoms with Gasteiger partial charge >= 0.3 is 5.97 Å². The van der Waals surface area contributed by atoms with Crippen molar-refractivity contribution in [2.45, 2.75) is 18.0 Å². The molecule has 0 amide bonds. The molecule has 35 heavy (non-hydrogen) atoms. The molecule has 0 aromatic heterocycles. The van der Waals surface area contributed by atoms with Crippen LogP contribution in [-0.2, 0) is 9.53 Å². The summed E-state index contributed by atoms with van der Waals surface area (Å²) in [5.41, 5.74) is 1.23. The van der Waals surface area contributed by atoms with Crippen molar-refractivity contribution < 1.29 is 19.1 Å². The quantitative estimate of drug-likeness (QED) is 0.336. The van der Waals surface area contributed by atoms with E-state index in [2.05, 4.69) is 0 Å². The Hall–Kier alpha value is -3.41. The van der Waals surface area contributed by atoms with Crippen LogP contribution in [0.5, 0.6) is 0 Å². The average molecular weight is 504 g/mol. The van der Waals surface area contributed by atoms with Gasteiger partial charge in [0.15, 0.2) is 11.6 Å². The Kier molecular flexibility index (Phi) is 4.92. The Morgan fingerprint density at radius 3 is 2.26 bits per heavy atom. The van der Waals surface area contributed by atoms with Crippen LogP contribution in [0.1, 0.15) is 37.8 Å². The van der Waals surface area contributed by atoms with Gasteiger partial charge in [-0.1, -0.05) is 83.9 Å². The summed E-state index contributed by atoms with van der Waals surface area (Å²) in [6.45, 7) is 0. The van der Waals surface area contributed by atoms with Crippen LogP contribution in [0, 0.1) is 5.41 Å². The maximum Gasteiger partial charge on any atom is 0.329 e. The number of ketones is 2. The fraction of sp³-hybridized carbons (Fsp3) is 0.179. The van der Waals surface area contributed by atoms with Crippen LogP contribution in [0.4, 0.5) is 5.69 Å². The van der Waals surface area contributed by atoms with E-state index in [1.165, 1.54) is 7.11 Å². The number of hydrogen-bond acceptors (Lipinski definition) is 5. The Balaban J connectivity index is 1.71. The van der Waals surface area contributed by atoms with E-state index < -0.39 is 29.4 Å². The van der Waals surface area contributed by atoms with Crippen molar-refractivity contribution in [2.24, 2.45) is 5.41 Å². The van der Waals surface area contributed by atoms with Gasteiger partial charge in [-0.2, -0.15) is 0 Å². The molecule has 0 saturated carbocycles. The molecule has 7 heteroatoms. The normalized spacial score (nSPS) is 23.3. The van der Waals surface area contributed by atoms with E-state index in [9.17, 15) is 14.4 Å². The monoisotopic (exact) mass is 503 g/mol. The summed E-state index contributed by atoms with van der Waals surface area (Å²) in [7, 11) is 1.31. The van der Waals surface area contributed by atoms with Gasteiger partial charge in [0.2, 0.25) is 0 Å². The molecule has 3 aromatic carbocycles. The molecule has 0 radical (unpaired) electrons. The molecule has 2 heterocycles. The average Bonchev–Trinajstić information content (AvgIpc) is 3.30. The molecule has 3 aliphatic rings. The highest BCUT2D eigenvalue weighted by atomic mass is 35.5. The van der Waals surface area contributed by atoms with Gasteiger partial charge in [0.25, 0.3) is 0 Å². The van der Waals surface area contributed by atoms with Gasteiger partial charge < -0.3 is 9.64 Å². The number of carbonyl (C=O) groups is 3. The lowest BCUT2D eigenvalue weighted by Gasteiger charge is -2.36. The van der Waals surface area contributed by atoms with E-state index in [0.29, 0.717) is 21.7 Å². The second-order valence-electron chi connectivity index (χ2n) is 8.95. The molecule has 1 fully saturated rings. The van der Waals surface area contributed by atoms with Crippen molar-refractivity contribution in [3.63, 3.8) is 0 Å². The summed E-state index contributed by atoms with van der Waals surface area (Å²) in [5, 5.41) is 0.695. The Morgan fingerprint density at radius 1 is 0.943 bits per heavy atom. The van der Waals surface area contributed by atoms with Crippen molar-refractivity contribution in [3.05, 3.63) is 105 Å². The number of methoxy groups -OCH3 is 1. The minimum Gasteiger partial charge on any atom is -0.467 e. The number of esters is 1. The molecular weight excluding hydrogens is 485 g/mol. The third-order valence-electron chi connectivity index (χ3n) is 7.45. The zero-order valence-electron chi connectivity index (χ0n) is 18.6. The van der Waals surface area contributed by atoms with Gasteiger partial charge in [-0.05, 0) is 29.3 Å². The van der Waals surface area contributed by atoms with Crippen LogP contribution in [0.15, 0.2) is 72.8 Å². The number of anilines is 1. The van der Waals surface area contributed by atoms with Gasteiger partial charge in [-0.3, -0.25) is 9.59 Å². The first-order valence-corrected chi connectivity index (χ1v) is 11.9. The number of para-hydroxylation sites is 1. The predicted molar refractivity (Wildman–Crippen MR) is 134 cm³/mol. The number of benzene rings is 3. The van der Waals surface area contributed by atoms with Gasteiger partial charge in [0, 0.05) is 32.8 Å². The molecule has 0 unspecified atom stereocenters. The maximum absolute atomic E-state index is 14.3. The zero-order valence-corrected chi connectivity index (χ0v) is 20.1. The van der Waals surface area contributed by atoms with Crippen LogP contribution >= 0.6 is 23.2 Å². The summed E-state index contributed by atoms with van der Waals surface area (Å²) in [4.78, 5) is 44.0. The van der Waals surface area contributed by atoms with E-state index in [1.807, 2.05) is 41.3 Å². The van der Waals surface area contributed by atoms with E-state index in [0.717, 1.165) is 11.3 Å². The maximum atomic E-state index is 14.3. The minimum atomic E-state index is -1.61. The second-order valence-corrected chi connectivity index (χ2v) is 9.80. The van der Waals surface area contributed by atoms with Gasteiger partial charge in [-0.15, -0.1) is 0 Å². The standard InChI is InChI=1S/C28H19Cl2NO4/c1-35-27(34)24-23(19-12-11-16(29)14-20(19)30)28(25(32)17-7-3-4-8-18(17)26(28)33)22-13-10-15-6-2-5-9-21(15)31(22)24/h2-14,22-24H,1H3/t22-,23+,24+/m1/s1. The van der Waals surface area contributed by atoms with Crippen LogP contribution in [0.2, 0.25) is 10.0 Å². The van der Waals surface area contributed by atoms with Gasteiger partial charge in [0.05, 0.1) is 13.2 Å². The molecule has 1 aliphatic carbocycles. The summed E-state index contributed by atoms with van der Waals surface area (Å²) in [5.74, 6) is -2.10. The Labute approximate surface area is 211 Å². The molecule has 0 bridgehead atoms. The molecule has 0 N–H and O–H groups in total. The SMILES string of the molecule is COC(=O)[C@@H]1[C@H](c2ccc(Cl)cc2Cl)C2(C(=O)c3ccccc3C2=O)[C@H]2C=Cc3ccccc3N12. The van der Waals surface area contributed by atoms with E-state index >= 15 is 0 Å². The van der Waals surface area contributed by atoms with Crippen molar-refractivity contribution in [1.82, 2.24) is 0 Å². The lowest BCUT2D eigenvalue weighted by atomic mass is 9.64. The molecule has 6 rings (SSSR count). The lowest BCUT2D eigenvalue weighted by Crippen LogP contribution is -2.48. The Morgan fingerprint density at radius 2 is 1.60 bits per heavy atom. The lowest BCUT2D eigenvalue weighted by molar-refractivity contribution is -0.142. The van der Waals surface area contributed by atoms with Crippen LogP contribution in [0.25, 0.3) is 6.08 Å². The van der Waals surface area contributed by atoms with E-state index in [1.54, 1.807) is 42.5 Å². The number of fused-ring (bicyclic) bond motifs is 5. The molecule has 3 aromatic rings. The number of hydrogen-bond donors (Lipinski definition) is 0. The van der Waals surface area contributed by atoms with Crippen molar-refractivity contribution in [1.29, 1.82) is 0 Å². The highest BCUT2D eigenvalue weighted by Gasteiger charge is 2.72. The Bertz CT molecular complexity index is 1430. The molecule has 1 saturated heterocycles. The smallest absolute Gasteiger partial charge is 0.329 e. The number of nitrogens with zero attached hydrogens (tertiary/aromatic N) is 1. The molecule has 5 nitrogen and oxygen atoms in total. The second kappa shape index (κ2) is 7.80. The highest BCUT2D eigenvalue weighted by molar-refractivity contribution is 6.36. The molecular formula is C28H19Cl2NO4. The number of halogens is 2. The minimum absolute atomic E-state index is 0.282. The zero-order chi connectivity index (χ0) is 24.5. The highest BCUT2D eigenvalue weighted by Crippen LogP contribution is 2.61. The summed E-state index contributed by atoms with van der Waals surface area (Å²) < 4.78 is 5.27. The van der Waals surface area contributed by atoms with Gasteiger partial charge in [-0.25, -0.2) is 4.79 Å². The molecule has 3 atom stereocenters. The third-order valence-corrected chi connectivity index (χ3v) is 8.02. The summed E-state index contributed by atoms with van der Waals surface area (Å²) in [6, 6.07) is 17.6. The molecule has 174 valence electrons. The first-order chi connectivity index (χ1) is 16.9. The molecule has 2 aliphatic heterocycles. The third kappa shape index (κ3) is 2.79. The first-order valence-electron chi connectivity index (χ1n) is 11.2. The molecule has 1 spiro atoms. The van der Waals surface area contributed by atoms with Crippen molar-refractivity contribution in [2.75, 3.05) is 12.0 Å². The van der Waals surface area contributed by atoms with Crippen LogP contribution < -0.4 is 4.90 Å². The number of Topliss-reactive ketones (excluding diaryl/α,β-unsaturated/α-hetero) is 2. The fourth-order valence-electron chi connectivity index (χ4n) is 6.11. The first kappa shape index (κ1) is 22.1. The number of carbonyl (C=O) groups excluding carboxylic acids is 3. The van der Waals surface area contributed by atoms with Gasteiger partial charge in [0.1, 0.15) is 11.5 Å². The van der Waals surface area contributed by atoms with Crippen LogP contribution in [-0.4, -0.2) is 36.7 Å². The number of ether oxygens (including phenoxy) is 1. The van der Waals surface area contributed by atoms with Crippen molar-refractivity contribution in [3.8, 4) is 0 Å². The number of rotatable bonds is 2. The summed E-state index contributed by atoms with van der Waals surface area (Å²) in [6.07, 6.45) is 3.76. The predicted octanol–water partition coefficient (Wildman–Crippen LogP) is 5.60. The van der Waals surface area contributed by atoms with Crippen LogP contribution in [0.3, 0.4) is 0 Å². The van der Waals surface area contributed by atoms with Crippen molar-refractivity contribution >= 4 is 52.5 Å². The van der Waals surface area contributed by atoms with E-state index in [-0.39, 0.29) is 16.6 Å². The fourth-order valence-corrected chi connectivity index (χ4v) is 6.63. The largest absolute Gasteiger partial charge is 0.467 e.